The second-order valence-corrected chi connectivity index (χ2v) is 7.48. The van der Waals surface area contributed by atoms with Crippen LogP contribution < -0.4 is 5.32 Å². The summed E-state index contributed by atoms with van der Waals surface area (Å²) >= 11 is 0. The number of hydrogen-bond acceptors (Lipinski definition) is 3. The van der Waals surface area contributed by atoms with Crippen LogP contribution in [-0.2, 0) is 15.0 Å². The Bertz CT molecular complexity index is 593. The number of nitrogens with one attached hydrogen (secondary N) is 1. The third-order valence-electron chi connectivity index (χ3n) is 4.41. The van der Waals surface area contributed by atoms with Crippen molar-refractivity contribution in [3.05, 3.63) is 29.8 Å². The van der Waals surface area contributed by atoms with Gasteiger partial charge >= 0.3 is 0 Å². The SMILES string of the molecule is CC(=O)N1CCCN(CC(=O)Nc2ccccc2C(C)(C)C)CC1. The van der Waals surface area contributed by atoms with Crippen molar-refractivity contribution in [1.82, 2.24) is 9.80 Å². The minimum atomic E-state index is -0.0194. The zero-order valence-electron chi connectivity index (χ0n) is 15.3. The van der Waals surface area contributed by atoms with Crippen LogP contribution in [0.3, 0.4) is 0 Å². The van der Waals surface area contributed by atoms with E-state index in [0.29, 0.717) is 13.1 Å². The summed E-state index contributed by atoms with van der Waals surface area (Å²) in [5.41, 5.74) is 2.00. The molecule has 1 heterocycles. The van der Waals surface area contributed by atoms with Gasteiger partial charge in [-0.3, -0.25) is 14.5 Å². The molecule has 0 bridgehead atoms. The molecule has 2 amide bonds. The molecule has 5 heteroatoms. The van der Waals surface area contributed by atoms with Crippen molar-refractivity contribution in [2.75, 3.05) is 38.0 Å². The van der Waals surface area contributed by atoms with E-state index in [1.54, 1.807) is 6.92 Å². The molecule has 2 rings (SSSR count). The molecule has 1 aromatic rings. The van der Waals surface area contributed by atoms with Gasteiger partial charge in [0.2, 0.25) is 11.8 Å². The van der Waals surface area contributed by atoms with Crippen molar-refractivity contribution in [3.8, 4) is 0 Å². The highest BCUT2D eigenvalue weighted by Crippen LogP contribution is 2.29. The summed E-state index contributed by atoms with van der Waals surface area (Å²) in [5, 5.41) is 3.06. The molecule has 5 nitrogen and oxygen atoms in total. The fourth-order valence-corrected chi connectivity index (χ4v) is 3.08. The first kappa shape index (κ1) is 18.5. The number of hydrogen-bond donors (Lipinski definition) is 1. The van der Waals surface area contributed by atoms with Crippen molar-refractivity contribution < 1.29 is 9.59 Å². The van der Waals surface area contributed by atoms with Gasteiger partial charge < -0.3 is 10.2 Å². The molecule has 0 saturated carbocycles. The van der Waals surface area contributed by atoms with Crippen LogP contribution in [-0.4, -0.2) is 54.3 Å². The Morgan fingerprint density at radius 2 is 1.79 bits per heavy atom. The van der Waals surface area contributed by atoms with Gasteiger partial charge in [-0.1, -0.05) is 39.0 Å². The van der Waals surface area contributed by atoms with Crippen LogP contribution in [0.2, 0.25) is 0 Å². The van der Waals surface area contributed by atoms with Gasteiger partial charge in [0.25, 0.3) is 0 Å². The van der Waals surface area contributed by atoms with Gasteiger partial charge in [-0.25, -0.2) is 0 Å². The van der Waals surface area contributed by atoms with E-state index in [9.17, 15) is 9.59 Å². The number of rotatable bonds is 3. The molecule has 1 aliphatic heterocycles. The summed E-state index contributed by atoms with van der Waals surface area (Å²) in [5.74, 6) is 0.114. The van der Waals surface area contributed by atoms with E-state index in [4.69, 9.17) is 0 Å². The lowest BCUT2D eigenvalue weighted by Crippen LogP contribution is -2.37. The lowest BCUT2D eigenvalue weighted by Gasteiger charge is -2.24. The highest BCUT2D eigenvalue weighted by Gasteiger charge is 2.21. The summed E-state index contributed by atoms with van der Waals surface area (Å²) in [7, 11) is 0. The highest BCUT2D eigenvalue weighted by molar-refractivity contribution is 5.93. The number of anilines is 1. The molecule has 0 atom stereocenters. The monoisotopic (exact) mass is 331 g/mol. The molecule has 132 valence electrons. The zero-order chi connectivity index (χ0) is 17.7. The van der Waals surface area contributed by atoms with Gasteiger partial charge in [0, 0.05) is 38.8 Å². The number of carbonyl (C=O) groups is 2. The third-order valence-corrected chi connectivity index (χ3v) is 4.41. The Labute approximate surface area is 145 Å². The Kier molecular flexibility index (Phi) is 5.99. The van der Waals surface area contributed by atoms with E-state index in [-0.39, 0.29) is 17.2 Å². The minimum Gasteiger partial charge on any atom is -0.342 e. The Morgan fingerprint density at radius 3 is 2.46 bits per heavy atom. The Morgan fingerprint density at radius 1 is 1.08 bits per heavy atom. The van der Waals surface area contributed by atoms with Crippen LogP contribution in [0, 0.1) is 0 Å². The molecule has 1 saturated heterocycles. The van der Waals surface area contributed by atoms with Crippen LogP contribution in [0.15, 0.2) is 24.3 Å². The number of benzene rings is 1. The van der Waals surface area contributed by atoms with Gasteiger partial charge in [0.15, 0.2) is 0 Å². The van der Waals surface area contributed by atoms with Crippen molar-refractivity contribution in [2.45, 2.75) is 39.5 Å². The molecule has 0 radical (unpaired) electrons. The topological polar surface area (TPSA) is 52.7 Å². The molecule has 0 unspecified atom stereocenters. The quantitative estimate of drug-likeness (QED) is 0.926. The van der Waals surface area contributed by atoms with Gasteiger partial charge in [-0.05, 0) is 23.5 Å². The Hall–Kier alpha value is -1.88. The fraction of sp³-hybridized carbons (Fsp3) is 0.579. The molecule has 1 aromatic carbocycles. The first-order valence-corrected chi connectivity index (χ1v) is 8.64. The van der Waals surface area contributed by atoms with Crippen molar-refractivity contribution >= 4 is 17.5 Å². The second-order valence-electron chi connectivity index (χ2n) is 7.48. The van der Waals surface area contributed by atoms with Crippen molar-refractivity contribution in [2.24, 2.45) is 0 Å². The summed E-state index contributed by atoms with van der Waals surface area (Å²) in [6, 6.07) is 7.97. The van der Waals surface area contributed by atoms with E-state index in [1.165, 1.54) is 0 Å². The van der Waals surface area contributed by atoms with Crippen LogP contribution in [0.5, 0.6) is 0 Å². The van der Waals surface area contributed by atoms with E-state index < -0.39 is 0 Å². The second kappa shape index (κ2) is 7.79. The summed E-state index contributed by atoms with van der Waals surface area (Å²) in [6.07, 6.45) is 0.908. The number of nitrogens with zero attached hydrogens (tertiary/aromatic N) is 2. The molecular formula is C19H29N3O2. The summed E-state index contributed by atoms with van der Waals surface area (Å²) < 4.78 is 0. The molecule has 1 N–H and O–H groups in total. The van der Waals surface area contributed by atoms with Gasteiger partial charge in [-0.2, -0.15) is 0 Å². The highest BCUT2D eigenvalue weighted by atomic mass is 16.2. The molecule has 1 fully saturated rings. The van der Waals surface area contributed by atoms with Crippen LogP contribution in [0.4, 0.5) is 5.69 Å². The average molecular weight is 331 g/mol. The van der Waals surface area contributed by atoms with E-state index >= 15 is 0 Å². The average Bonchev–Trinajstić information content (AvgIpc) is 2.72. The van der Waals surface area contributed by atoms with Gasteiger partial charge in [-0.15, -0.1) is 0 Å². The van der Waals surface area contributed by atoms with E-state index in [0.717, 1.165) is 37.3 Å². The maximum atomic E-state index is 12.5. The summed E-state index contributed by atoms with van der Waals surface area (Å²) in [4.78, 5) is 27.9. The third kappa shape index (κ3) is 5.06. The number of carbonyl (C=O) groups excluding carboxylic acids is 2. The van der Waals surface area contributed by atoms with Crippen LogP contribution >= 0.6 is 0 Å². The predicted octanol–water partition coefficient (Wildman–Crippen LogP) is 2.48. The number of amides is 2. The van der Waals surface area contributed by atoms with Crippen LogP contribution in [0.1, 0.15) is 39.7 Å². The normalized spacial score (nSPS) is 16.6. The lowest BCUT2D eigenvalue weighted by atomic mass is 9.86. The first-order valence-electron chi connectivity index (χ1n) is 8.64. The maximum Gasteiger partial charge on any atom is 0.238 e. The Balaban J connectivity index is 1.96. The molecule has 24 heavy (non-hydrogen) atoms. The zero-order valence-corrected chi connectivity index (χ0v) is 15.3. The van der Waals surface area contributed by atoms with Gasteiger partial charge in [0.1, 0.15) is 0 Å². The van der Waals surface area contributed by atoms with E-state index in [1.807, 2.05) is 23.1 Å². The maximum absolute atomic E-state index is 12.5. The minimum absolute atomic E-state index is 0.00275. The first-order chi connectivity index (χ1) is 11.3. The van der Waals surface area contributed by atoms with Crippen molar-refractivity contribution in [1.29, 1.82) is 0 Å². The molecule has 1 aliphatic rings. The largest absolute Gasteiger partial charge is 0.342 e. The van der Waals surface area contributed by atoms with Crippen molar-refractivity contribution in [3.63, 3.8) is 0 Å². The molecule has 0 aromatic heterocycles. The smallest absolute Gasteiger partial charge is 0.238 e. The van der Waals surface area contributed by atoms with E-state index in [2.05, 4.69) is 37.1 Å². The lowest BCUT2D eigenvalue weighted by molar-refractivity contribution is -0.128. The number of para-hydroxylation sites is 1. The predicted molar refractivity (Wildman–Crippen MR) is 97.1 cm³/mol. The van der Waals surface area contributed by atoms with Crippen LogP contribution in [0.25, 0.3) is 0 Å². The molecule has 0 aliphatic carbocycles. The van der Waals surface area contributed by atoms with Gasteiger partial charge in [0.05, 0.1) is 6.54 Å². The molecule has 0 spiro atoms. The standard InChI is InChI=1S/C19H29N3O2/c1-15(23)22-11-7-10-21(12-13-22)14-18(24)20-17-9-6-5-8-16(17)19(2,3)4/h5-6,8-9H,7,10-14H2,1-4H3,(H,20,24). The summed E-state index contributed by atoms with van der Waals surface area (Å²) in [6.45, 7) is 11.5. The molecular weight excluding hydrogens is 302 g/mol. The fourth-order valence-electron chi connectivity index (χ4n) is 3.08.